The molecule has 0 heterocycles. The van der Waals surface area contributed by atoms with Crippen molar-refractivity contribution in [2.75, 3.05) is 0 Å². The van der Waals surface area contributed by atoms with Gasteiger partial charge in [-0.3, -0.25) is 0 Å². The first-order valence-corrected chi connectivity index (χ1v) is 13.5. The normalized spacial score (nSPS) is 22.3. The molecule has 174 valence electrons. The molecule has 0 aromatic heterocycles. The van der Waals surface area contributed by atoms with E-state index in [-0.39, 0.29) is 6.10 Å². The van der Waals surface area contributed by atoms with E-state index in [1.807, 2.05) is 0 Å². The van der Waals surface area contributed by atoms with Crippen molar-refractivity contribution >= 4 is 38.6 Å². The van der Waals surface area contributed by atoms with Crippen LogP contribution in [0.5, 0.6) is 5.75 Å². The Bertz CT molecular complexity index is 763. The second kappa shape index (κ2) is 11.7. The summed E-state index contributed by atoms with van der Waals surface area (Å²) in [6.45, 7) is 10.6. The quantitative estimate of drug-likeness (QED) is 0.330. The molecule has 2 rings (SSSR count). The van der Waals surface area contributed by atoms with Crippen LogP contribution in [0.1, 0.15) is 60.8 Å². The number of ether oxygens (including phenoxy) is 2. The van der Waals surface area contributed by atoms with Crippen LogP contribution >= 0.6 is 20.6 Å². The summed E-state index contributed by atoms with van der Waals surface area (Å²) in [5.41, 5.74) is 0. The molecule has 1 aromatic carbocycles. The topological polar surface area (TPSA) is 88.1 Å². The molecule has 0 saturated heterocycles. The Morgan fingerprint density at radius 2 is 1.61 bits per heavy atom. The van der Waals surface area contributed by atoms with Gasteiger partial charge in [0.05, 0.1) is 0 Å². The molecule has 1 unspecified atom stereocenters. The van der Waals surface area contributed by atoms with E-state index in [1.54, 1.807) is 31.2 Å². The van der Waals surface area contributed by atoms with Crippen LogP contribution in [0.25, 0.3) is 0 Å². The van der Waals surface area contributed by atoms with Gasteiger partial charge in [-0.15, -0.1) is 0 Å². The second-order valence-electron chi connectivity index (χ2n) is 8.35. The molecule has 1 fully saturated rings. The van der Waals surface area contributed by atoms with E-state index in [4.69, 9.17) is 15.6 Å². The van der Waals surface area contributed by atoms with Gasteiger partial charge in [0.2, 0.25) is 0 Å². The number of rotatable bonds is 8. The summed E-state index contributed by atoms with van der Waals surface area (Å²) in [5.74, 6) is 0.119. The molecule has 31 heavy (non-hydrogen) atoms. The number of benzene rings is 1. The monoisotopic (exact) mass is 548 g/mol. The van der Waals surface area contributed by atoms with E-state index in [9.17, 15) is 14.4 Å². The maximum absolute atomic E-state index is 12.8. The summed E-state index contributed by atoms with van der Waals surface area (Å²) in [6, 6.07) is 6.82. The molecule has 0 radical (unpaired) electrons. The zero-order valence-electron chi connectivity index (χ0n) is 19.1. The van der Waals surface area contributed by atoms with Gasteiger partial charge in [0.25, 0.3) is 0 Å². The second-order valence-corrected chi connectivity index (χ2v) is 11.6. The molecule has 4 atom stereocenters. The molecule has 1 aliphatic rings. The fourth-order valence-electron chi connectivity index (χ4n) is 3.70. The third kappa shape index (κ3) is 7.66. The summed E-state index contributed by atoms with van der Waals surface area (Å²) in [6.07, 6.45) is 2.07. The van der Waals surface area contributed by atoms with Gasteiger partial charge < -0.3 is 0 Å². The number of halogens is 1. The molecule has 0 spiro atoms. The maximum atomic E-state index is 12.8. The minimum atomic E-state index is -3.09. The van der Waals surface area contributed by atoms with Crippen LogP contribution in [0.3, 0.4) is 0 Å². The van der Waals surface area contributed by atoms with Crippen LogP contribution in [-0.2, 0) is 25.3 Å². The van der Waals surface area contributed by atoms with Gasteiger partial charge in [-0.1, -0.05) is 0 Å². The summed E-state index contributed by atoms with van der Waals surface area (Å²) < 4.78 is 22.8. The van der Waals surface area contributed by atoms with Gasteiger partial charge in [0, 0.05) is 0 Å². The van der Waals surface area contributed by atoms with Gasteiger partial charge in [-0.25, -0.2) is 0 Å². The zero-order valence-corrected chi connectivity index (χ0v) is 21.2. The van der Waals surface area contributed by atoms with Crippen LogP contribution in [0.2, 0.25) is 0 Å². The standard InChI is InChI=1S/C23H33IO7/c1-14(2)19-12-11-15(3)13-22(19)29-23(27)16(4)28-21-10-8-7-9-20(21)24(30-17(5)25)31-18(6)26/h7-10,14-16,19,22H,11-13H2,1-6H3/t15-,16-,19+,22?/m1/s1. The molecule has 1 saturated carbocycles. The average molecular weight is 548 g/mol. The van der Waals surface area contributed by atoms with Gasteiger partial charge in [-0.2, -0.15) is 0 Å². The van der Waals surface area contributed by atoms with Gasteiger partial charge >= 0.3 is 193 Å². The molecular weight excluding hydrogens is 515 g/mol. The van der Waals surface area contributed by atoms with Crippen molar-refractivity contribution in [2.24, 2.45) is 17.8 Å². The molecule has 8 heteroatoms. The molecule has 0 bridgehead atoms. The molecule has 0 aliphatic heterocycles. The van der Waals surface area contributed by atoms with E-state index in [2.05, 4.69) is 20.8 Å². The molecule has 0 amide bonds. The Labute approximate surface area is 192 Å². The fourth-order valence-corrected chi connectivity index (χ4v) is 6.63. The Balaban J connectivity index is 2.13. The third-order valence-corrected chi connectivity index (χ3v) is 9.11. The molecule has 1 aromatic rings. The van der Waals surface area contributed by atoms with Crippen molar-refractivity contribution in [1.82, 2.24) is 0 Å². The number of carbonyl (C=O) groups excluding carboxylic acids is 3. The molecule has 0 N–H and O–H groups in total. The van der Waals surface area contributed by atoms with Crippen molar-refractivity contribution in [3.8, 4) is 5.75 Å². The molecular formula is C23H33IO7. The van der Waals surface area contributed by atoms with Gasteiger partial charge in [-0.05, 0) is 0 Å². The predicted molar refractivity (Wildman–Crippen MR) is 124 cm³/mol. The van der Waals surface area contributed by atoms with Gasteiger partial charge in [0.1, 0.15) is 0 Å². The Kier molecular flexibility index (Phi) is 9.58. The van der Waals surface area contributed by atoms with Gasteiger partial charge in [0.15, 0.2) is 0 Å². The third-order valence-electron chi connectivity index (χ3n) is 5.22. The van der Waals surface area contributed by atoms with Crippen molar-refractivity contribution in [1.29, 1.82) is 0 Å². The first-order valence-electron chi connectivity index (χ1n) is 10.6. The summed E-state index contributed by atoms with van der Waals surface area (Å²) in [5, 5.41) is 0. The number of hydrogen-bond donors (Lipinski definition) is 0. The molecule has 1 aliphatic carbocycles. The number of para-hydroxylation sites is 1. The van der Waals surface area contributed by atoms with E-state index >= 15 is 0 Å². The SMILES string of the molecule is CC(=O)OI(OC(C)=O)c1ccccc1O[C@H](C)C(=O)OC1C[C@H](C)CC[C@H]1C(C)C. The zero-order chi connectivity index (χ0) is 23.1. The number of esters is 1. The summed E-state index contributed by atoms with van der Waals surface area (Å²) in [7, 11) is 0. The van der Waals surface area contributed by atoms with Crippen molar-refractivity contribution in [3.05, 3.63) is 27.8 Å². The van der Waals surface area contributed by atoms with E-state index in [1.165, 1.54) is 13.8 Å². The summed E-state index contributed by atoms with van der Waals surface area (Å²) >= 11 is -3.09. The van der Waals surface area contributed by atoms with Crippen LogP contribution in [0.4, 0.5) is 0 Å². The number of hydrogen-bond acceptors (Lipinski definition) is 7. The van der Waals surface area contributed by atoms with E-state index in [0.717, 1.165) is 19.3 Å². The predicted octanol–water partition coefficient (Wildman–Crippen LogP) is 5.09. The van der Waals surface area contributed by atoms with E-state index in [0.29, 0.717) is 27.1 Å². The van der Waals surface area contributed by atoms with Crippen molar-refractivity contribution < 1.29 is 30.0 Å². The van der Waals surface area contributed by atoms with Crippen molar-refractivity contribution in [3.63, 3.8) is 0 Å². The van der Waals surface area contributed by atoms with E-state index < -0.39 is 44.7 Å². The van der Waals surface area contributed by atoms with Crippen LogP contribution in [0, 0.1) is 21.3 Å². The minimum absolute atomic E-state index is 0.122. The Morgan fingerprint density at radius 3 is 2.19 bits per heavy atom. The fraction of sp³-hybridized carbons (Fsp3) is 0.609. The van der Waals surface area contributed by atoms with Crippen LogP contribution in [-0.4, -0.2) is 30.1 Å². The average Bonchev–Trinajstić information content (AvgIpc) is 2.67. The van der Waals surface area contributed by atoms with Crippen molar-refractivity contribution in [2.45, 2.75) is 73.0 Å². The van der Waals surface area contributed by atoms with Crippen LogP contribution in [0.15, 0.2) is 24.3 Å². The number of carbonyl (C=O) groups is 3. The summed E-state index contributed by atoms with van der Waals surface area (Å²) in [4.78, 5) is 35.8. The Hall–Kier alpha value is -1.84. The molecule has 7 nitrogen and oxygen atoms in total. The first-order chi connectivity index (χ1) is 14.6. The first kappa shape index (κ1) is 25.4. The van der Waals surface area contributed by atoms with Crippen LogP contribution < -0.4 is 4.74 Å². The Morgan fingerprint density at radius 1 is 1.00 bits per heavy atom.